The molecule has 0 aliphatic carbocycles. The van der Waals surface area contributed by atoms with Crippen molar-refractivity contribution in [2.24, 2.45) is 5.73 Å². The van der Waals surface area contributed by atoms with Gasteiger partial charge in [0.1, 0.15) is 17.6 Å². The second-order valence-corrected chi connectivity index (χ2v) is 4.49. The highest BCUT2D eigenvalue weighted by Crippen LogP contribution is 2.25. The fourth-order valence-corrected chi connectivity index (χ4v) is 1.92. The summed E-state index contributed by atoms with van der Waals surface area (Å²) in [7, 11) is 1.59. The van der Waals surface area contributed by atoms with Gasteiger partial charge in [-0.3, -0.25) is 4.79 Å². The molecule has 0 fully saturated rings. The van der Waals surface area contributed by atoms with E-state index in [0.29, 0.717) is 23.2 Å². The Labute approximate surface area is 120 Å². The average molecular weight is 296 g/mol. The molecule has 0 saturated heterocycles. The molecule has 0 spiro atoms. The van der Waals surface area contributed by atoms with Crippen LogP contribution < -0.4 is 11.1 Å². The third-order valence-corrected chi connectivity index (χ3v) is 2.94. The van der Waals surface area contributed by atoms with Gasteiger partial charge in [-0.15, -0.1) is 0 Å². The molecule has 2 heterocycles. The van der Waals surface area contributed by atoms with Gasteiger partial charge < -0.3 is 20.2 Å². The Morgan fingerprint density at radius 3 is 3.00 bits per heavy atom. The molecule has 2 rings (SSSR count). The molecule has 3 N–H and O–H groups in total. The Balaban J connectivity index is 2.21. The van der Waals surface area contributed by atoms with Gasteiger partial charge in [-0.2, -0.15) is 0 Å². The highest BCUT2D eigenvalue weighted by atomic mass is 35.5. The van der Waals surface area contributed by atoms with Gasteiger partial charge in [-0.05, 0) is 18.2 Å². The number of anilines is 1. The van der Waals surface area contributed by atoms with Crippen molar-refractivity contribution in [3.05, 3.63) is 47.0 Å². The van der Waals surface area contributed by atoms with Crippen molar-refractivity contribution in [2.75, 3.05) is 19.0 Å². The van der Waals surface area contributed by atoms with E-state index < -0.39 is 5.91 Å². The summed E-state index contributed by atoms with van der Waals surface area (Å²) in [4.78, 5) is 15.1. The summed E-state index contributed by atoms with van der Waals surface area (Å²) in [6.45, 7) is 0.378. The molecule has 2 aromatic heterocycles. The Morgan fingerprint density at radius 2 is 2.45 bits per heavy atom. The zero-order valence-corrected chi connectivity index (χ0v) is 11.6. The monoisotopic (exact) mass is 295 g/mol. The fourth-order valence-electron chi connectivity index (χ4n) is 1.70. The predicted molar refractivity (Wildman–Crippen MR) is 74.7 cm³/mol. The summed E-state index contributed by atoms with van der Waals surface area (Å²) in [5.74, 6) is 0.546. The number of rotatable bonds is 6. The van der Waals surface area contributed by atoms with Gasteiger partial charge in [0.25, 0.3) is 0 Å². The number of furan rings is 1. The van der Waals surface area contributed by atoms with Crippen molar-refractivity contribution >= 4 is 23.3 Å². The molecule has 0 radical (unpaired) electrons. The minimum absolute atomic E-state index is 0.237. The Morgan fingerprint density at radius 1 is 1.65 bits per heavy atom. The molecule has 0 aromatic carbocycles. The van der Waals surface area contributed by atoms with E-state index in [1.165, 1.54) is 12.3 Å². The smallest absolute Gasteiger partial charge is 0.250 e. The first-order valence-corrected chi connectivity index (χ1v) is 6.24. The number of aromatic nitrogens is 1. The largest absolute Gasteiger partial charge is 0.467 e. The van der Waals surface area contributed by atoms with Crippen LogP contribution in [-0.2, 0) is 4.74 Å². The van der Waals surface area contributed by atoms with E-state index in [-0.39, 0.29) is 11.6 Å². The lowest BCUT2D eigenvalue weighted by atomic mass is 10.2. The van der Waals surface area contributed by atoms with E-state index in [2.05, 4.69) is 10.3 Å². The first-order valence-electron chi connectivity index (χ1n) is 5.86. The van der Waals surface area contributed by atoms with Crippen molar-refractivity contribution < 1.29 is 13.9 Å². The Bertz CT molecular complexity index is 587. The van der Waals surface area contributed by atoms with E-state index in [1.807, 2.05) is 6.07 Å². The highest BCUT2D eigenvalue weighted by molar-refractivity contribution is 6.33. The second kappa shape index (κ2) is 6.40. The molecule has 0 saturated carbocycles. The van der Waals surface area contributed by atoms with E-state index in [0.717, 1.165) is 0 Å². The Kier molecular flexibility index (Phi) is 4.60. The number of nitrogens with two attached hydrogens (primary N) is 1. The molecule has 1 amide bonds. The van der Waals surface area contributed by atoms with Crippen LogP contribution in [0.4, 0.5) is 5.82 Å². The van der Waals surface area contributed by atoms with Gasteiger partial charge in [-0.1, -0.05) is 11.6 Å². The lowest BCUT2D eigenvalue weighted by molar-refractivity contribution is 0.1000. The van der Waals surface area contributed by atoms with Crippen LogP contribution in [0, 0.1) is 0 Å². The number of pyridine rings is 1. The standard InChI is InChI=1S/C13H14ClN3O3/c1-19-7-10(11-3-2-4-20-11)17-13-9(14)5-8(6-16-13)12(15)18/h2-6,10H,7H2,1H3,(H2,15,18)(H,16,17). The molecule has 0 aliphatic rings. The maximum atomic E-state index is 11.0. The molecule has 20 heavy (non-hydrogen) atoms. The summed E-state index contributed by atoms with van der Waals surface area (Å²) in [5, 5.41) is 3.40. The number of hydrogen-bond acceptors (Lipinski definition) is 5. The molecule has 6 nitrogen and oxygen atoms in total. The second-order valence-electron chi connectivity index (χ2n) is 4.09. The molecular weight excluding hydrogens is 282 g/mol. The van der Waals surface area contributed by atoms with E-state index in [1.54, 1.807) is 19.4 Å². The molecule has 2 aromatic rings. The molecule has 7 heteroatoms. The summed E-state index contributed by atoms with van der Waals surface area (Å²) in [6, 6.07) is 4.83. The van der Waals surface area contributed by atoms with E-state index in [9.17, 15) is 4.79 Å². The number of nitrogens with zero attached hydrogens (tertiary/aromatic N) is 1. The zero-order chi connectivity index (χ0) is 14.5. The minimum atomic E-state index is -0.578. The molecular formula is C13H14ClN3O3. The summed E-state index contributed by atoms with van der Waals surface area (Å²) >= 11 is 6.07. The third-order valence-electron chi connectivity index (χ3n) is 2.66. The number of amides is 1. The predicted octanol–water partition coefficient (Wildman–Crippen LogP) is 2.23. The third kappa shape index (κ3) is 3.28. The number of primary amides is 1. The normalized spacial score (nSPS) is 12.1. The van der Waals surface area contributed by atoms with Gasteiger partial charge in [0.05, 0.1) is 23.5 Å². The van der Waals surface area contributed by atoms with Crippen molar-refractivity contribution in [1.82, 2.24) is 4.98 Å². The van der Waals surface area contributed by atoms with Crippen LogP contribution in [0.3, 0.4) is 0 Å². The van der Waals surface area contributed by atoms with Crippen LogP contribution in [0.5, 0.6) is 0 Å². The van der Waals surface area contributed by atoms with Gasteiger partial charge in [0.15, 0.2) is 0 Å². The first-order chi connectivity index (χ1) is 9.61. The lowest BCUT2D eigenvalue weighted by Gasteiger charge is -2.17. The lowest BCUT2D eigenvalue weighted by Crippen LogP contribution is -2.17. The first kappa shape index (κ1) is 14.4. The summed E-state index contributed by atoms with van der Waals surface area (Å²) in [5.41, 5.74) is 5.42. The maximum absolute atomic E-state index is 11.0. The number of halogens is 1. The topological polar surface area (TPSA) is 90.4 Å². The SMILES string of the molecule is COCC(Nc1ncc(C(N)=O)cc1Cl)c1ccco1. The molecule has 0 bridgehead atoms. The number of hydrogen-bond donors (Lipinski definition) is 2. The van der Waals surface area contributed by atoms with Crippen molar-refractivity contribution in [2.45, 2.75) is 6.04 Å². The highest BCUT2D eigenvalue weighted by Gasteiger charge is 2.17. The molecule has 106 valence electrons. The van der Waals surface area contributed by atoms with Gasteiger partial charge >= 0.3 is 0 Å². The molecule has 1 unspecified atom stereocenters. The van der Waals surface area contributed by atoms with Crippen LogP contribution >= 0.6 is 11.6 Å². The van der Waals surface area contributed by atoms with Gasteiger partial charge in [-0.25, -0.2) is 4.98 Å². The number of carbonyl (C=O) groups is 1. The number of nitrogens with one attached hydrogen (secondary N) is 1. The van der Waals surface area contributed by atoms with Crippen molar-refractivity contribution in [3.63, 3.8) is 0 Å². The maximum Gasteiger partial charge on any atom is 0.250 e. The van der Waals surface area contributed by atoms with Crippen molar-refractivity contribution in [3.8, 4) is 0 Å². The minimum Gasteiger partial charge on any atom is -0.467 e. The molecule has 1 atom stereocenters. The quantitative estimate of drug-likeness (QED) is 0.853. The van der Waals surface area contributed by atoms with Crippen LogP contribution in [0.2, 0.25) is 5.02 Å². The number of ether oxygens (including phenoxy) is 1. The van der Waals surface area contributed by atoms with Crippen LogP contribution in [0.25, 0.3) is 0 Å². The van der Waals surface area contributed by atoms with Gasteiger partial charge in [0.2, 0.25) is 5.91 Å². The number of methoxy groups -OCH3 is 1. The summed E-state index contributed by atoms with van der Waals surface area (Å²) in [6.07, 6.45) is 2.94. The van der Waals surface area contributed by atoms with E-state index in [4.69, 9.17) is 26.5 Å². The van der Waals surface area contributed by atoms with Crippen molar-refractivity contribution in [1.29, 1.82) is 0 Å². The number of carbonyl (C=O) groups excluding carboxylic acids is 1. The molecule has 0 aliphatic heterocycles. The van der Waals surface area contributed by atoms with Crippen LogP contribution in [-0.4, -0.2) is 24.6 Å². The van der Waals surface area contributed by atoms with Crippen LogP contribution in [0.15, 0.2) is 35.1 Å². The van der Waals surface area contributed by atoms with Crippen LogP contribution in [0.1, 0.15) is 22.2 Å². The average Bonchev–Trinajstić information content (AvgIpc) is 2.94. The zero-order valence-electron chi connectivity index (χ0n) is 10.8. The summed E-state index contributed by atoms with van der Waals surface area (Å²) < 4.78 is 10.5. The van der Waals surface area contributed by atoms with Gasteiger partial charge in [0, 0.05) is 13.3 Å². The van der Waals surface area contributed by atoms with E-state index >= 15 is 0 Å². The fraction of sp³-hybridized carbons (Fsp3) is 0.231. The Hall–Kier alpha value is -2.05.